The zero-order valence-corrected chi connectivity index (χ0v) is 23.3. The predicted molar refractivity (Wildman–Crippen MR) is 155 cm³/mol. The summed E-state index contributed by atoms with van der Waals surface area (Å²) in [7, 11) is 0. The summed E-state index contributed by atoms with van der Waals surface area (Å²) < 4.78 is 7.26. The van der Waals surface area contributed by atoms with E-state index in [1.54, 1.807) is 12.3 Å². The molecule has 0 unspecified atom stereocenters. The monoisotopic (exact) mass is 559 g/mol. The highest BCUT2D eigenvalue weighted by Crippen LogP contribution is 2.34. The smallest absolute Gasteiger partial charge is 0.270 e. The quantitative estimate of drug-likeness (QED) is 0.324. The van der Waals surface area contributed by atoms with Crippen LogP contribution in [0.5, 0.6) is 5.75 Å². The lowest BCUT2D eigenvalue weighted by molar-refractivity contribution is -0.118. The Kier molecular flexibility index (Phi) is 8.81. The first kappa shape index (κ1) is 28.1. The fraction of sp³-hybridized carbons (Fsp3) is 0.433. The largest absolute Gasteiger partial charge is 0.482 e. The Morgan fingerprint density at radius 1 is 1.17 bits per heavy atom. The van der Waals surface area contributed by atoms with E-state index in [-0.39, 0.29) is 24.8 Å². The first-order chi connectivity index (χ1) is 19.9. The van der Waals surface area contributed by atoms with Crippen molar-refractivity contribution in [3.8, 4) is 5.75 Å². The van der Waals surface area contributed by atoms with E-state index >= 15 is 0 Å². The summed E-state index contributed by atoms with van der Waals surface area (Å²) in [5.74, 6) is 1.68. The van der Waals surface area contributed by atoms with E-state index in [2.05, 4.69) is 38.7 Å². The zero-order valence-electron chi connectivity index (χ0n) is 23.3. The SMILES string of the molecule is CC1CCC(CNC(=C2CCC2)c2cc(C(=O)NCc3ccc4c(c3)NC(=O)CO4)nc3ccnn23)CC1.NC=O. The number of fused-ring (bicyclic) bond motifs is 2. The molecule has 2 aliphatic carbocycles. The number of carbonyl (C=O) groups is 3. The van der Waals surface area contributed by atoms with E-state index < -0.39 is 0 Å². The van der Waals surface area contributed by atoms with Crippen LogP contribution in [-0.4, -0.2) is 46.0 Å². The van der Waals surface area contributed by atoms with Gasteiger partial charge in [-0.05, 0) is 73.3 Å². The minimum atomic E-state index is -0.257. The van der Waals surface area contributed by atoms with Gasteiger partial charge < -0.3 is 26.4 Å². The molecule has 1 aliphatic heterocycles. The maximum atomic E-state index is 13.3. The van der Waals surface area contributed by atoms with Crippen molar-refractivity contribution in [2.75, 3.05) is 18.5 Å². The Morgan fingerprint density at radius 3 is 2.68 bits per heavy atom. The van der Waals surface area contributed by atoms with E-state index in [4.69, 9.17) is 9.53 Å². The average Bonchev–Trinajstić information content (AvgIpc) is 3.42. The van der Waals surface area contributed by atoms with Crippen LogP contribution in [0.3, 0.4) is 0 Å². The van der Waals surface area contributed by atoms with Gasteiger partial charge in [-0.3, -0.25) is 14.4 Å². The van der Waals surface area contributed by atoms with Gasteiger partial charge >= 0.3 is 0 Å². The molecule has 1 aromatic carbocycles. The van der Waals surface area contributed by atoms with Crippen molar-refractivity contribution < 1.29 is 19.1 Å². The third kappa shape index (κ3) is 6.67. The highest BCUT2D eigenvalue weighted by Gasteiger charge is 2.24. The number of rotatable bonds is 7. The molecule has 3 aliphatic rings. The summed E-state index contributed by atoms with van der Waals surface area (Å²) in [5, 5.41) is 14.1. The van der Waals surface area contributed by atoms with Gasteiger partial charge in [0.05, 0.1) is 23.3 Å². The standard InChI is InChI=1S/C29H34N6O3.CH3NO/c1-18-5-7-19(8-6-18)15-30-28(21-3-2-4-21)24-14-23(33-26-11-12-32-35(24)26)29(37)31-16-20-9-10-25-22(13-20)34-27(36)17-38-25;2-1-3/h9-14,18-19,30H,2-8,15-17H2,1H3,(H,31,37)(H,34,36);1H,(H2,2,3). The van der Waals surface area contributed by atoms with Crippen molar-refractivity contribution in [1.82, 2.24) is 25.2 Å². The van der Waals surface area contributed by atoms with Gasteiger partial charge in [-0.15, -0.1) is 0 Å². The summed E-state index contributed by atoms with van der Waals surface area (Å²) in [6.45, 7) is 3.61. The van der Waals surface area contributed by atoms with Gasteiger partial charge in [-0.2, -0.15) is 5.10 Å². The lowest BCUT2D eigenvalue weighted by Crippen LogP contribution is -2.29. The number of carbonyl (C=O) groups excluding carboxylic acids is 3. The number of nitrogens with two attached hydrogens (primary N) is 1. The summed E-state index contributed by atoms with van der Waals surface area (Å²) in [5.41, 5.74) is 10.0. The van der Waals surface area contributed by atoms with Crippen LogP contribution in [0.15, 0.2) is 42.1 Å². The van der Waals surface area contributed by atoms with Crippen LogP contribution < -0.4 is 26.4 Å². The van der Waals surface area contributed by atoms with Crippen LogP contribution in [0.2, 0.25) is 0 Å². The number of primary amides is 1. The van der Waals surface area contributed by atoms with Gasteiger partial charge in [0.25, 0.3) is 11.8 Å². The molecule has 2 saturated carbocycles. The number of amides is 3. The Bertz CT molecular complexity index is 1450. The Morgan fingerprint density at radius 2 is 1.95 bits per heavy atom. The molecular formula is C30H37N7O4. The molecule has 3 heterocycles. The number of hydrogen-bond donors (Lipinski definition) is 4. The third-order valence-electron chi connectivity index (χ3n) is 7.99. The normalized spacial score (nSPS) is 19.4. The van der Waals surface area contributed by atoms with Crippen molar-refractivity contribution in [3.63, 3.8) is 0 Å². The number of hydrogen-bond acceptors (Lipinski definition) is 7. The molecule has 0 atom stereocenters. The molecule has 2 aromatic heterocycles. The van der Waals surface area contributed by atoms with Crippen molar-refractivity contribution in [3.05, 3.63) is 59.1 Å². The summed E-state index contributed by atoms with van der Waals surface area (Å²) >= 11 is 0. The van der Waals surface area contributed by atoms with Gasteiger partial charge in [0.1, 0.15) is 11.4 Å². The van der Waals surface area contributed by atoms with Gasteiger partial charge in [0, 0.05) is 19.2 Å². The minimum Gasteiger partial charge on any atom is -0.482 e. The molecule has 2 fully saturated rings. The molecule has 0 radical (unpaired) electrons. The minimum absolute atomic E-state index is 0.0149. The first-order valence-electron chi connectivity index (χ1n) is 14.3. The number of nitrogens with zero attached hydrogens (tertiary/aromatic N) is 3. The predicted octanol–water partition coefficient (Wildman–Crippen LogP) is 3.40. The number of benzene rings is 1. The fourth-order valence-electron chi connectivity index (χ4n) is 5.50. The number of aromatic nitrogens is 3. The number of ether oxygens (including phenoxy) is 1. The van der Waals surface area contributed by atoms with Crippen molar-refractivity contribution in [2.24, 2.45) is 17.6 Å². The molecule has 3 amide bonds. The molecule has 0 saturated heterocycles. The van der Waals surface area contributed by atoms with E-state index in [0.717, 1.165) is 42.3 Å². The number of allylic oxidation sites excluding steroid dienone is 1. The summed E-state index contributed by atoms with van der Waals surface area (Å²) in [6.07, 6.45) is 10.4. The summed E-state index contributed by atoms with van der Waals surface area (Å²) in [6, 6.07) is 9.19. The third-order valence-corrected chi connectivity index (χ3v) is 7.99. The van der Waals surface area contributed by atoms with Crippen molar-refractivity contribution in [1.29, 1.82) is 0 Å². The fourth-order valence-corrected chi connectivity index (χ4v) is 5.50. The van der Waals surface area contributed by atoms with Crippen molar-refractivity contribution in [2.45, 2.75) is 58.4 Å². The van der Waals surface area contributed by atoms with Gasteiger partial charge in [-0.25, -0.2) is 9.50 Å². The lowest BCUT2D eigenvalue weighted by Gasteiger charge is -2.29. The molecule has 6 rings (SSSR count). The van der Waals surface area contributed by atoms with Gasteiger partial charge in [0.15, 0.2) is 12.3 Å². The zero-order chi connectivity index (χ0) is 28.8. The van der Waals surface area contributed by atoms with Crippen LogP contribution >= 0.6 is 0 Å². The van der Waals surface area contributed by atoms with Gasteiger partial charge in [-0.1, -0.05) is 25.8 Å². The second-order valence-electron chi connectivity index (χ2n) is 11.0. The van der Waals surface area contributed by atoms with Crippen LogP contribution in [0.25, 0.3) is 11.3 Å². The molecule has 5 N–H and O–H groups in total. The molecular weight excluding hydrogens is 522 g/mol. The Labute approximate surface area is 238 Å². The molecule has 11 heteroatoms. The van der Waals surface area contributed by atoms with Gasteiger partial charge in [0.2, 0.25) is 6.41 Å². The van der Waals surface area contributed by atoms with Crippen LogP contribution in [0, 0.1) is 11.8 Å². The van der Waals surface area contributed by atoms with Crippen LogP contribution in [0.1, 0.15) is 73.6 Å². The van der Waals surface area contributed by atoms with Crippen LogP contribution in [0.4, 0.5) is 5.69 Å². The van der Waals surface area contributed by atoms with Crippen molar-refractivity contribution >= 4 is 35.3 Å². The molecule has 216 valence electrons. The maximum absolute atomic E-state index is 13.3. The van der Waals surface area contributed by atoms with Crippen LogP contribution in [-0.2, 0) is 16.1 Å². The topological polar surface area (TPSA) is 153 Å². The highest BCUT2D eigenvalue weighted by molar-refractivity contribution is 5.96. The molecule has 41 heavy (non-hydrogen) atoms. The molecule has 3 aromatic rings. The Balaban J connectivity index is 0.00000108. The first-order valence-corrected chi connectivity index (χ1v) is 14.3. The number of nitrogens with one attached hydrogen (secondary N) is 3. The lowest BCUT2D eigenvalue weighted by atomic mass is 9.83. The second-order valence-corrected chi connectivity index (χ2v) is 11.0. The van der Waals surface area contributed by atoms with E-state index in [9.17, 15) is 9.59 Å². The maximum Gasteiger partial charge on any atom is 0.270 e. The van der Waals surface area contributed by atoms with E-state index in [1.165, 1.54) is 37.7 Å². The molecule has 11 nitrogen and oxygen atoms in total. The number of anilines is 1. The summed E-state index contributed by atoms with van der Waals surface area (Å²) in [4.78, 5) is 38.1. The van der Waals surface area contributed by atoms with E-state index in [1.807, 2.05) is 28.8 Å². The Hall–Kier alpha value is -4.41. The van der Waals surface area contributed by atoms with E-state index in [0.29, 0.717) is 35.2 Å². The molecule has 0 bridgehead atoms. The highest BCUT2D eigenvalue weighted by atomic mass is 16.5. The average molecular weight is 560 g/mol. The molecule has 0 spiro atoms. The second kappa shape index (κ2) is 12.8.